The fourth-order valence-corrected chi connectivity index (χ4v) is 10.8. The van der Waals surface area contributed by atoms with Crippen LogP contribution in [-0.2, 0) is 21.2 Å². The zero-order valence-electron chi connectivity index (χ0n) is 28.0. The van der Waals surface area contributed by atoms with Crippen LogP contribution in [0.4, 0.5) is 8.78 Å². The van der Waals surface area contributed by atoms with Crippen molar-refractivity contribution >= 4 is 27.1 Å². The maximum Gasteiger partial charge on any atom is 0.252 e. The van der Waals surface area contributed by atoms with E-state index in [4.69, 9.17) is 4.74 Å². The van der Waals surface area contributed by atoms with Crippen LogP contribution in [0.5, 0.6) is 0 Å². The highest BCUT2D eigenvalue weighted by atomic mass is 32.2. The summed E-state index contributed by atoms with van der Waals surface area (Å²) in [6.45, 7) is 4.57. The third-order valence-corrected chi connectivity index (χ3v) is 14.2. The normalized spacial score (nSPS) is 28.0. The van der Waals surface area contributed by atoms with Crippen LogP contribution >= 0.6 is 11.3 Å². The van der Waals surface area contributed by atoms with Crippen LogP contribution in [0.1, 0.15) is 98.2 Å². The Balaban J connectivity index is 1.45. The maximum atomic E-state index is 14.4. The van der Waals surface area contributed by atoms with Crippen molar-refractivity contribution in [2.75, 3.05) is 19.7 Å². The molecule has 7 rings (SSSR count). The monoisotopic (exact) mass is 713 g/mol. The molecule has 3 aliphatic carbocycles. The first kappa shape index (κ1) is 36.0. The third kappa shape index (κ3) is 7.34. The molecule has 0 amide bonds. The van der Waals surface area contributed by atoms with Crippen LogP contribution in [0.15, 0.2) is 69.8 Å². The molecule has 0 radical (unpaired) electrons. The van der Waals surface area contributed by atoms with Gasteiger partial charge in [-0.15, -0.1) is 11.3 Å². The Kier molecular flexibility index (Phi) is 10.6. The molecule has 2 N–H and O–H groups in total. The molecule has 49 heavy (non-hydrogen) atoms. The summed E-state index contributed by atoms with van der Waals surface area (Å²) in [6, 6.07) is 11.9. The molecule has 0 spiro atoms. The lowest BCUT2D eigenvalue weighted by molar-refractivity contribution is -0.0754. The number of sulfonamides is 1. The fraction of sp³-hybridized carbons (Fsp3) is 0.500. The van der Waals surface area contributed by atoms with E-state index in [1.807, 2.05) is 26.0 Å². The predicted octanol–water partition coefficient (Wildman–Crippen LogP) is 7.17. The van der Waals surface area contributed by atoms with Gasteiger partial charge in [-0.3, -0.25) is 4.79 Å². The second kappa shape index (κ2) is 14.4. The van der Waals surface area contributed by atoms with Gasteiger partial charge in [-0.1, -0.05) is 36.8 Å². The van der Waals surface area contributed by atoms with E-state index in [-0.39, 0.29) is 41.3 Å². The molecule has 1 saturated carbocycles. The van der Waals surface area contributed by atoms with Crippen molar-refractivity contribution in [3.8, 4) is 0 Å². The van der Waals surface area contributed by atoms with Crippen molar-refractivity contribution in [3.05, 3.63) is 99.4 Å². The molecule has 11 heteroatoms. The van der Waals surface area contributed by atoms with E-state index >= 15 is 0 Å². The van der Waals surface area contributed by atoms with Crippen LogP contribution in [0.2, 0.25) is 0 Å². The molecule has 1 saturated heterocycles. The summed E-state index contributed by atoms with van der Waals surface area (Å²) in [5.41, 5.74) is 0.464. The minimum absolute atomic E-state index is 0.00253. The number of hydrogen-bond acceptors (Lipinski definition) is 7. The van der Waals surface area contributed by atoms with Gasteiger partial charge in [0.25, 0.3) is 10.0 Å². The number of nitrogens with zero attached hydrogens (tertiary/aromatic N) is 1. The van der Waals surface area contributed by atoms with Gasteiger partial charge in [0.1, 0.15) is 4.21 Å². The van der Waals surface area contributed by atoms with E-state index in [0.29, 0.717) is 56.3 Å². The Hall–Kier alpha value is -2.80. The van der Waals surface area contributed by atoms with Gasteiger partial charge in [0.05, 0.1) is 17.8 Å². The first-order chi connectivity index (χ1) is 23.3. The number of ether oxygens (including phenoxy) is 1. The fourth-order valence-electron chi connectivity index (χ4n) is 8.08. The molecule has 1 aromatic heterocycles. The Morgan fingerprint density at radius 3 is 2.61 bits per heavy atom. The van der Waals surface area contributed by atoms with Gasteiger partial charge in [-0.25, -0.2) is 17.2 Å². The summed E-state index contributed by atoms with van der Waals surface area (Å²) in [5, 5.41) is 25.4. The number of rotatable bonds is 8. The molecule has 2 fully saturated rings. The van der Waals surface area contributed by atoms with Gasteiger partial charge >= 0.3 is 0 Å². The first-order valence-corrected chi connectivity index (χ1v) is 19.5. The van der Waals surface area contributed by atoms with Crippen molar-refractivity contribution < 1.29 is 36.9 Å². The van der Waals surface area contributed by atoms with Crippen molar-refractivity contribution in [1.29, 1.82) is 0 Å². The summed E-state index contributed by atoms with van der Waals surface area (Å²) in [4.78, 5) is 14.1. The molecule has 1 aliphatic heterocycles. The molecule has 7 nitrogen and oxygen atoms in total. The van der Waals surface area contributed by atoms with Gasteiger partial charge in [-0.2, -0.15) is 4.31 Å². The average Bonchev–Trinajstić information content (AvgIpc) is 3.84. The number of ketones is 1. The van der Waals surface area contributed by atoms with Crippen molar-refractivity contribution in [2.45, 2.75) is 99.6 Å². The lowest BCUT2D eigenvalue weighted by Crippen LogP contribution is -2.54. The van der Waals surface area contributed by atoms with Crippen LogP contribution in [0.25, 0.3) is 0 Å². The lowest BCUT2D eigenvalue weighted by atomic mass is 9.64. The summed E-state index contributed by atoms with van der Waals surface area (Å²) in [7, 11) is -3.96. The van der Waals surface area contributed by atoms with Gasteiger partial charge in [-0.05, 0) is 117 Å². The molecule has 2 heterocycles. The number of thiophene rings is 1. The van der Waals surface area contributed by atoms with Gasteiger partial charge < -0.3 is 14.9 Å². The topological polar surface area (TPSA) is 104 Å². The van der Waals surface area contributed by atoms with E-state index in [1.54, 1.807) is 23.6 Å². The highest BCUT2D eigenvalue weighted by Crippen LogP contribution is 2.59. The summed E-state index contributed by atoms with van der Waals surface area (Å²) >= 11 is 1.14. The maximum absolute atomic E-state index is 14.4. The van der Waals surface area contributed by atoms with Gasteiger partial charge in [0, 0.05) is 36.2 Å². The Bertz CT molecular complexity index is 1810. The minimum atomic E-state index is -3.96. The van der Waals surface area contributed by atoms with E-state index in [9.17, 15) is 32.2 Å². The van der Waals surface area contributed by atoms with Crippen molar-refractivity contribution in [3.63, 3.8) is 0 Å². The number of halogens is 2. The van der Waals surface area contributed by atoms with E-state index in [2.05, 4.69) is 6.08 Å². The third-order valence-electron chi connectivity index (χ3n) is 11.1. The number of allylic oxidation sites excluding steroid dienone is 2. The Morgan fingerprint density at radius 1 is 1.08 bits per heavy atom. The predicted molar refractivity (Wildman–Crippen MR) is 185 cm³/mol. The molecular formula is C38H45F2NO6S2. The average molecular weight is 714 g/mol. The molecule has 5 unspecified atom stereocenters. The van der Waals surface area contributed by atoms with E-state index in [0.717, 1.165) is 47.4 Å². The van der Waals surface area contributed by atoms with Gasteiger partial charge in [0.15, 0.2) is 17.4 Å². The number of aliphatic hydroxyl groups is 2. The number of carbonyl (C=O) groups excluding carboxylic acids is 1. The first-order valence-electron chi connectivity index (χ1n) is 17.1. The molecule has 4 aliphatic rings. The molecular weight excluding hydrogens is 669 g/mol. The SMILES string of the molecule is CC1=CCCC2(C)C(CCC2(O)CN(CC2CCCO2)S(=O)(=O)c2cccs2)c2ccc(cc2C(=O)c2ccc(F)c(F)c2)CC(O)CC1. The quantitative estimate of drug-likeness (QED) is 0.190. The smallest absolute Gasteiger partial charge is 0.252 e. The second-order valence-electron chi connectivity index (χ2n) is 14.3. The summed E-state index contributed by atoms with van der Waals surface area (Å²) < 4.78 is 63.9. The van der Waals surface area contributed by atoms with Crippen LogP contribution in [0.3, 0.4) is 0 Å². The molecule has 264 valence electrons. The Labute approximate surface area is 291 Å². The second-order valence-corrected chi connectivity index (χ2v) is 17.4. The standard InChI is InChI=1S/C38H45F2NO6S2/c1-25-6-3-16-37(2)32(15-17-38(37,44)24-41(23-29-7-4-18-47-29)49(45,46)35-8-5-19-48-35)30-13-10-26(20-28(42)12-9-25)21-31(30)36(43)27-11-14-33(39)34(40)22-27/h5-6,8,10-11,13-14,19,21-22,28-29,32,42,44H,3-4,7,9,12,15-18,20,23-24H2,1-2H3. The molecule has 5 atom stereocenters. The highest BCUT2D eigenvalue weighted by Gasteiger charge is 2.58. The zero-order valence-corrected chi connectivity index (χ0v) is 29.7. The number of hydrogen-bond donors (Lipinski definition) is 2. The molecule has 3 aromatic rings. The lowest BCUT2D eigenvalue weighted by Gasteiger charge is -2.46. The number of benzene rings is 2. The number of carbonyl (C=O) groups is 1. The summed E-state index contributed by atoms with van der Waals surface area (Å²) in [6.07, 6.45) is 6.18. The van der Waals surface area contributed by atoms with Crippen molar-refractivity contribution in [2.24, 2.45) is 5.41 Å². The minimum Gasteiger partial charge on any atom is -0.393 e. The van der Waals surface area contributed by atoms with Crippen LogP contribution < -0.4 is 0 Å². The number of fused-ring (bicyclic) bond motifs is 8. The van der Waals surface area contributed by atoms with Crippen molar-refractivity contribution in [1.82, 2.24) is 4.31 Å². The molecule has 2 aromatic carbocycles. The van der Waals surface area contributed by atoms with Crippen LogP contribution in [-0.4, -0.2) is 66.2 Å². The largest absolute Gasteiger partial charge is 0.393 e. The van der Waals surface area contributed by atoms with E-state index < -0.39 is 44.6 Å². The zero-order chi connectivity index (χ0) is 35.0. The molecule has 2 bridgehead atoms. The van der Waals surface area contributed by atoms with Crippen LogP contribution in [0, 0.1) is 17.0 Å². The number of aliphatic hydroxyl groups excluding tert-OH is 1. The Morgan fingerprint density at radius 2 is 1.90 bits per heavy atom. The van der Waals surface area contributed by atoms with Gasteiger partial charge in [0.2, 0.25) is 0 Å². The highest BCUT2D eigenvalue weighted by molar-refractivity contribution is 7.91. The summed E-state index contributed by atoms with van der Waals surface area (Å²) in [5.74, 6) is -3.02. The van der Waals surface area contributed by atoms with E-state index in [1.165, 1.54) is 10.4 Å².